The Hall–Kier alpha value is -3.22. The van der Waals surface area contributed by atoms with E-state index in [1.807, 2.05) is 36.5 Å². The second-order valence-corrected chi connectivity index (χ2v) is 5.43. The second-order valence-electron chi connectivity index (χ2n) is 5.43. The fourth-order valence-corrected chi connectivity index (χ4v) is 2.33. The highest BCUT2D eigenvalue weighted by atomic mass is 16.5. The maximum absolute atomic E-state index is 12.3. The molecule has 0 aliphatic rings. The van der Waals surface area contributed by atoms with Gasteiger partial charge in [-0.15, -0.1) is 0 Å². The lowest BCUT2D eigenvalue weighted by Gasteiger charge is -2.00. The molecular formula is C18H17N3O4. The number of esters is 1. The van der Waals surface area contributed by atoms with Crippen LogP contribution in [0.1, 0.15) is 39.1 Å². The molecule has 7 nitrogen and oxygen atoms in total. The van der Waals surface area contributed by atoms with Gasteiger partial charge in [-0.05, 0) is 18.1 Å². The molecule has 0 saturated heterocycles. The zero-order valence-electron chi connectivity index (χ0n) is 13.7. The van der Waals surface area contributed by atoms with Gasteiger partial charge in [0.2, 0.25) is 11.5 Å². The lowest BCUT2D eigenvalue weighted by molar-refractivity contribution is 0.0514. The van der Waals surface area contributed by atoms with Crippen LogP contribution in [-0.4, -0.2) is 33.3 Å². The minimum atomic E-state index is -0.610. The van der Waals surface area contributed by atoms with Gasteiger partial charge in [0.15, 0.2) is 5.69 Å². The van der Waals surface area contributed by atoms with Crippen LogP contribution >= 0.6 is 0 Å². The van der Waals surface area contributed by atoms with Crippen molar-refractivity contribution in [3.63, 3.8) is 0 Å². The Bertz CT molecular complexity index is 867. The van der Waals surface area contributed by atoms with Gasteiger partial charge >= 0.3 is 5.97 Å². The fourth-order valence-electron chi connectivity index (χ4n) is 2.33. The van der Waals surface area contributed by atoms with Gasteiger partial charge in [0.25, 0.3) is 0 Å². The van der Waals surface area contributed by atoms with Crippen LogP contribution in [0.2, 0.25) is 0 Å². The van der Waals surface area contributed by atoms with Crippen LogP contribution in [0.3, 0.4) is 0 Å². The van der Waals surface area contributed by atoms with Crippen LogP contribution in [0.25, 0.3) is 0 Å². The molecule has 0 aliphatic heterocycles. The normalized spacial score (nSPS) is 10.6. The Kier molecular flexibility index (Phi) is 5.03. The number of carbonyl (C=O) groups is 2. The summed E-state index contributed by atoms with van der Waals surface area (Å²) in [4.78, 5) is 23.8. The van der Waals surface area contributed by atoms with Crippen LogP contribution in [0.5, 0.6) is 0 Å². The van der Waals surface area contributed by atoms with Crippen molar-refractivity contribution in [2.75, 3.05) is 6.61 Å². The van der Waals surface area contributed by atoms with Gasteiger partial charge in [0, 0.05) is 18.7 Å². The molecule has 0 unspecified atom stereocenters. The highest BCUT2D eigenvalue weighted by Gasteiger charge is 2.19. The molecule has 2 aromatic heterocycles. The number of ether oxygens (including phenoxy) is 1. The van der Waals surface area contributed by atoms with Crippen molar-refractivity contribution in [1.29, 1.82) is 0 Å². The van der Waals surface area contributed by atoms with Gasteiger partial charge in [-0.25, -0.2) is 4.79 Å². The number of nitrogens with zero attached hydrogens (tertiary/aromatic N) is 3. The third-order valence-corrected chi connectivity index (χ3v) is 3.51. The number of Topliss-reactive ketones (excluding diaryl/α,β-unsaturated/α-hetero) is 1. The van der Waals surface area contributed by atoms with Crippen molar-refractivity contribution in [2.45, 2.75) is 19.9 Å². The van der Waals surface area contributed by atoms with E-state index in [-0.39, 0.29) is 30.3 Å². The summed E-state index contributed by atoms with van der Waals surface area (Å²) in [5.41, 5.74) is 1.87. The van der Waals surface area contributed by atoms with Gasteiger partial charge < -0.3 is 9.26 Å². The first-order valence-corrected chi connectivity index (χ1v) is 7.88. The Morgan fingerprint density at radius 3 is 2.76 bits per heavy atom. The third-order valence-electron chi connectivity index (χ3n) is 3.51. The molecule has 0 atom stereocenters. The van der Waals surface area contributed by atoms with Crippen molar-refractivity contribution < 1.29 is 18.8 Å². The molecule has 7 heteroatoms. The maximum atomic E-state index is 12.3. The quantitative estimate of drug-likeness (QED) is 0.485. The van der Waals surface area contributed by atoms with Crippen molar-refractivity contribution in [2.24, 2.45) is 0 Å². The number of hydrogen-bond acceptors (Lipinski definition) is 6. The SMILES string of the molecule is CCOC(=O)c1cc(C(=O)Cc2cnn(Cc3ccccc3)c2)on1. The summed E-state index contributed by atoms with van der Waals surface area (Å²) in [6.07, 6.45) is 3.57. The van der Waals surface area contributed by atoms with Crippen LogP contribution in [0.4, 0.5) is 0 Å². The smallest absolute Gasteiger partial charge is 0.360 e. The van der Waals surface area contributed by atoms with Crippen molar-refractivity contribution in [1.82, 2.24) is 14.9 Å². The zero-order valence-corrected chi connectivity index (χ0v) is 13.7. The summed E-state index contributed by atoms with van der Waals surface area (Å²) in [6.45, 7) is 2.55. The van der Waals surface area contributed by atoms with Crippen LogP contribution < -0.4 is 0 Å². The minimum absolute atomic E-state index is 0.00928. The molecule has 0 amide bonds. The van der Waals surface area contributed by atoms with Crippen LogP contribution in [0, 0.1) is 0 Å². The predicted molar refractivity (Wildman–Crippen MR) is 88.3 cm³/mol. The number of rotatable bonds is 7. The molecule has 0 aliphatic carbocycles. The van der Waals surface area contributed by atoms with Gasteiger partial charge in [0.1, 0.15) is 0 Å². The Labute approximate surface area is 144 Å². The average molecular weight is 339 g/mol. The van der Waals surface area contributed by atoms with E-state index < -0.39 is 5.97 Å². The molecule has 1 aromatic carbocycles. The number of hydrogen-bond donors (Lipinski definition) is 0. The van der Waals surface area contributed by atoms with Crippen LogP contribution in [-0.2, 0) is 17.7 Å². The molecule has 0 fully saturated rings. The fraction of sp³-hybridized carbons (Fsp3) is 0.222. The third kappa shape index (κ3) is 4.20. The standard InChI is InChI=1S/C18H17N3O4/c1-2-24-18(23)15-9-17(25-20-15)16(22)8-14-10-19-21(12-14)11-13-6-4-3-5-7-13/h3-7,9-10,12H,2,8,11H2,1H3. The molecule has 25 heavy (non-hydrogen) atoms. The largest absolute Gasteiger partial charge is 0.461 e. The maximum Gasteiger partial charge on any atom is 0.360 e. The monoisotopic (exact) mass is 339 g/mol. The number of carbonyl (C=O) groups excluding carboxylic acids is 2. The molecule has 2 heterocycles. The lowest BCUT2D eigenvalue weighted by Crippen LogP contribution is -2.05. The summed E-state index contributed by atoms with van der Waals surface area (Å²) in [7, 11) is 0. The zero-order chi connectivity index (χ0) is 17.6. The van der Waals surface area contributed by atoms with E-state index in [4.69, 9.17) is 9.26 Å². The first-order chi connectivity index (χ1) is 12.2. The molecular weight excluding hydrogens is 322 g/mol. The highest BCUT2D eigenvalue weighted by Crippen LogP contribution is 2.11. The molecule has 0 bridgehead atoms. The van der Waals surface area contributed by atoms with E-state index >= 15 is 0 Å². The Balaban J connectivity index is 1.63. The number of benzene rings is 1. The first-order valence-electron chi connectivity index (χ1n) is 7.88. The Morgan fingerprint density at radius 1 is 1.20 bits per heavy atom. The minimum Gasteiger partial charge on any atom is -0.461 e. The highest BCUT2D eigenvalue weighted by molar-refractivity contribution is 5.97. The average Bonchev–Trinajstić information content (AvgIpc) is 3.26. The molecule has 0 saturated carbocycles. The summed E-state index contributed by atoms with van der Waals surface area (Å²) >= 11 is 0. The molecule has 3 aromatic rings. The van der Waals surface area contributed by atoms with Gasteiger partial charge in [-0.1, -0.05) is 35.5 Å². The van der Waals surface area contributed by atoms with Crippen molar-refractivity contribution in [3.8, 4) is 0 Å². The van der Waals surface area contributed by atoms with E-state index in [2.05, 4.69) is 10.3 Å². The number of aromatic nitrogens is 3. The van der Waals surface area contributed by atoms with E-state index in [1.54, 1.807) is 17.8 Å². The van der Waals surface area contributed by atoms with Crippen LogP contribution in [0.15, 0.2) is 53.3 Å². The van der Waals surface area contributed by atoms with Crippen molar-refractivity contribution in [3.05, 3.63) is 71.4 Å². The molecule has 0 N–H and O–H groups in total. The van der Waals surface area contributed by atoms with E-state index in [0.717, 1.165) is 11.1 Å². The lowest BCUT2D eigenvalue weighted by atomic mass is 10.1. The van der Waals surface area contributed by atoms with Crippen molar-refractivity contribution >= 4 is 11.8 Å². The number of ketones is 1. The summed E-state index contributed by atoms with van der Waals surface area (Å²) in [5, 5.41) is 7.83. The summed E-state index contributed by atoms with van der Waals surface area (Å²) in [6, 6.07) is 11.2. The van der Waals surface area contributed by atoms with E-state index in [0.29, 0.717) is 6.54 Å². The Morgan fingerprint density at radius 2 is 2.00 bits per heavy atom. The van der Waals surface area contributed by atoms with E-state index in [1.165, 1.54) is 6.07 Å². The van der Waals surface area contributed by atoms with E-state index in [9.17, 15) is 9.59 Å². The molecule has 128 valence electrons. The van der Waals surface area contributed by atoms with Gasteiger partial charge in [-0.2, -0.15) is 5.10 Å². The molecule has 0 spiro atoms. The molecule has 3 rings (SSSR count). The van der Waals surface area contributed by atoms with Gasteiger partial charge in [-0.3, -0.25) is 9.48 Å². The predicted octanol–water partition coefficient (Wildman–Crippen LogP) is 2.52. The molecule has 0 radical (unpaired) electrons. The first kappa shape index (κ1) is 16.6. The summed E-state index contributed by atoms with van der Waals surface area (Å²) < 4.78 is 11.5. The summed E-state index contributed by atoms with van der Waals surface area (Å²) in [5.74, 6) is -0.859. The van der Waals surface area contributed by atoms with Gasteiger partial charge in [0.05, 0.1) is 19.3 Å². The second kappa shape index (κ2) is 7.57. The topological polar surface area (TPSA) is 87.2 Å².